The Labute approximate surface area is 161 Å². The van der Waals surface area contributed by atoms with Crippen molar-refractivity contribution < 1.29 is 5.11 Å². The van der Waals surface area contributed by atoms with E-state index in [1.807, 2.05) is 42.3 Å². The molecule has 0 aliphatic heterocycles. The summed E-state index contributed by atoms with van der Waals surface area (Å²) in [6, 6.07) is 13.1. The molecule has 2 aromatic carbocycles. The van der Waals surface area contributed by atoms with Crippen LogP contribution >= 0.6 is 23.2 Å². The number of halogens is 2. The SMILES string of the molecule is CN(Cc1ccccc1)C[C@H](O)Cn1cnc2c(Cl)cc(Cl)cc2c1=O. The first kappa shape index (κ1) is 18.9. The molecule has 0 amide bonds. The zero-order valence-electron chi connectivity index (χ0n) is 14.3. The van der Waals surface area contributed by atoms with Gasteiger partial charge in [-0.2, -0.15) is 0 Å². The molecule has 0 saturated carbocycles. The zero-order valence-corrected chi connectivity index (χ0v) is 15.8. The lowest BCUT2D eigenvalue weighted by molar-refractivity contribution is 0.106. The minimum atomic E-state index is -0.713. The molecule has 0 saturated heterocycles. The summed E-state index contributed by atoms with van der Waals surface area (Å²) in [7, 11) is 1.93. The van der Waals surface area contributed by atoms with E-state index in [0.717, 1.165) is 5.56 Å². The molecule has 7 heteroatoms. The number of likely N-dealkylation sites (N-methyl/N-ethyl adjacent to an activating group) is 1. The molecule has 26 heavy (non-hydrogen) atoms. The van der Waals surface area contributed by atoms with E-state index in [2.05, 4.69) is 4.98 Å². The van der Waals surface area contributed by atoms with Gasteiger partial charge in [-0.25, -0.2) is 4.98 Å². The van der Waals surface area contributed by atoms with Crippen LogP contribution in [0.5, 0.6) is 0 Å². The fraction of sp³-hybridized carbons (Fsp3) is 0.263. The predicted molar refractivity (Wildman–Crippen MR) is 105 cm³/mol. The summed E-state index contributed by atoms with van der Waals surface area (Å²) in [5.41, 5.74) is 1.30. The third kappa shape index (κ3) is 4.43. The predicted octanol–water partition coefficient (Wildman–Crippen LogP) is 3.20. The summed E-state index contributed by atoms with van der Waals surface area (Å²) < 4.78 is 1.38. The van der Waals surface area contributed by atoms with Crippen molar-refractivity contribution in [1.29, 1.82) is 0 Å². The molecule has 1 heterocycles. The Bertz CT molecular complexity index is 960. The van der Waals surface area contributed by atoms with Crippen molar-refractivity contribution in [2.24, 2.45) is 0 Å². The summed E-state index contributed by atoms with van der Waals surface area (Å²) >= 11 is 12.1. The summed E-state index contributed by atoms with van der Waals surface area (Å²) in [6.07, 6.45) is 0.695. The fourth-order valence-electron chi connectivity index (χ4n) is 2.93. The first-order chi connectivity index (χ1) is 12.4. The maximum absolute atomic E-state index is 12.6. The number of rotatable bonds is 6. The molecule has 0 radical (unpaired) electrons. The molecule has 3 rings (SSSR count). The Morgan fingerprint density at radius 2 is 1.96 bits per heavy atom. The van der Waals surface area contributed by atoms with E-state index in [9.17, 15) is 9.90 Å². The molecule has 1 N–H and O–H groups in total. The van der Waals surface area contributed by atoms with Gasteiger partial charge in [-0.05, 0) is 24.7 Å². The number of hydrogen-bond acceptors (Lipinski definition) is 4. The normalized spacial score (nSPS) is 12.7. The van der Waals surface area contributed by atoms with Crippen LogP contribution in [0.2, 0.25) is 10.0 Å². The third-order valence-electron chi connectivity index (χ3n) is 4.07. The number of aliphatic hydroxyl groups excluding tert-OH is 1. The second kappa shape index (κ2) is 8.18. The lowest BCUT2D eigenvalue weighted by Crippen LogP contribution is -2.34. The molecule has 0 spiro atoms. The number of aromatic nitrogens is 2. The highest BCUT2D eigenvalue weighted by molar-refractivity contribution is 6.38. The van der Waals surface area contributed by atoms with Gasteiger partial charge in [0.15, 0.2) is 0 Å². The lowest BCUT2D eigenvalue weighted by Gasteiger charge is -2.21. The molecule has 1 atom stereocenters. The van der Waals surface area contributed by atoms with Crippen LogP contribution in [0, 0.1) is 0 Å². The van der Waals surface area contributed by atoms with Gasteiger partial charge in [-0.3, -0.25) is 14.3 Å². The van der Waals surface area contributed by atoms with Crippen LogP contribution in [0.25, 0.3) is 10.9 Å². The molecular formula is C19H19Cl2N3O2. The molecule has 0 aliphatic rings. The van der Waals surface area contributed by atoms with Crippen molar-refractivity contribution in [3.8, 4) is 0 Å². The van der Waals surface area contributed by atoms with Gasteiger partial charge in [-0.15, -0.1) is 0 Å². The molecule has 5 nitrogen and oxygen atoms in total. The van der Waals surface area contributed by atoms with Gasteiger partial charge in [0.1, 0.15) is 0 Å². The molecular weight excluding hydrogens is 373 g/mol. The second-order valence-electron chi connectivity index (χ2n) is 6.32. The van der Waals surface area contributed by atoms with Crippen molar-refractivity contribution >= 4 is 34.1 Å². The van der Waals surface area contributed by atoms with Gasteiger partial charge in [0.2, 0.25) is 0 Å². The van der Waals surface area contributed by atoms with E-state index < -0.39 is 6.10 Å². The minimum absolute atomic E-state index is 0.144. The Balaban J connectivity index is 1.72. The van der Waals surface area contributed by atoms with Crippen molar-refractivity contribution in [1.82, 2.24) is 14.5 Å². The van der Waals surface area contributed by atoms with E-state index in [1.54, 1.807) is 12.1 Å². The molecule has 136 valence electrons. The molecule has 1 aromatic heterocycles. The van der Waals surface area contributed by atoms with Crippen LogP contribution in [0.4, 0.5) is 0 Å². The standard InChI is InChI=1S/C19H19Cl2N3O2/c1-23(9-13-5-3-2-4-6-13)10-15(25)11-24-12-22-18-16(19(24)26)7-14(20)8-17(18)21/h2-8,12,15,25H,9-11H2,1H3/t15-/m0/s1. The number of fused-ring (bicyclic) bond motifs is 1. The smallest absolute Gasteiger partial charge is 0.261 e. The summed E-state index contributed by atoms with van der Waals surface area (Å²) in [5, 5.41) is 11.4. The van der Waals surface area contributed by atoms with Crippen LogP contribution < -0.4 is 5.56 Å². The zero-order chi connectivity index (χ0) is 18.7. The average Bonchev–Trinajstić information content (AvgIpc) is 2.58. The van der Waals surface area contributed by atoms with Gasteiger partial charge in [0, 0.05) is 18.1 Å². The Morgan fingerprint density at radius 1 is 1.23 bits per heavy atom. The highest BCUT2D eigenvalue weighted by Gasteiger charge is 2.13. The van der Waals surface area contributed by atoms with Gasteiger partial charge < -0.3 is 5.11 Å². The Hall–Kier alpha value is -1.92. The maximum atomic E-state index is 12.6. The Morgan fingerprint density at radius 3 is 2.69 bits per heavy atom. The highest BCUT2D eigenvalue weighted by Crippen LogP contribution is 2.23. The second-order valence-corrected chi connectivity index (χ2v) is 7.17. The van der Waals surface area contributed by atoms with Crippen LogP contribution in [-0.2, 0) is 13.1 Å². The molecule has 0 fully saturated rings. The highest BCUT2D eigenvalue weighted by atomic mass is 35.5. The van der Waals surface area contributed by atoms with E-state index in [-0.39, 0.29) is 12.1 Å². The third-order valence-corrected chi connectivity index (χ3v) is 4.58. The van der Waals surface area contributed by atoms with Crippen molar-refractivity contribution in [3.63, 3.8) is 0 Å². The molecule has 0 bridgehead atoms. The molecule has 0 unspecified atom stereocenters. The average molecular weight is 392 g/mol. The van der Waals surface area contributed by atoms with Crippen molar-refractivity contribution in [2.75, 3.05) is 13.6 Å². The number of aliphatic hydroxyl groups is 1. The topological polar surface area (TPSA) is 58.4 Å². The molecule has 0 aliphatic carbocycles. The van der Waals surface area contributed by atoms with Crippen LogP contribution in [0.3, 0.4) is 0 Å². The van der Waals surface area contributed by atoms with E-state index in [4.69, 9.17) is 23.2 Å². The van der Waals surface area contributed by atoms with Crippen LogP contribution in [0.1, 0.15) is 5.56 Å². The van der Waals surface area contributed by atoms with Crippen molar-refractivity contribution in [2.45, 2.75) is 19.2 Å². The van der Waals surface area contributed by atoms with Crippen molar-refractivity contribution in [3.05, 3.63) is 74.8 Å². The number of benzene rings is 2. The summed E-state index contributed by atoms with van der Waals surface area (Å²) in [5.74, 6) is 0. The summed E-state index contributed by atoms with van der Waals surface area (Å²) in [6.45, 7) is 1.29. The quantitative estimate of drug-likeness (QED) is 0.700. The van der Waals surface area contributed by atoms with Gasteiger partial charge in [0.25, 0.3) is 5.56 Å². The lowest BCUT2D eigenvalue weighted by atomic mass is 10.2. The first-order valence-corrected chi connectivity index (χ1v) is 8.94. The fourth-order valence-corrected chi connectivity index (χ4v) is 3.47. The number of nitrogens with zero attached hydrogens (tertiary/aromatic N) is 3. The largest absolute Gasteiger partial charge is 0.390 e. The summed E-state index contributed by atoms with van der Waals surface area (Å²) in [4.78, 5) is 18.9. The van der Waals surface area contributed by atoms with Gasteiger partial charge in [-0.1, -0.05) is 53.5 Å². The van der Waals surface area contributed by atoms with E-state index in [1.165, 1.54) is 10.9 Å². The first-order valence-electron chi connectivity index (χ1n) is 8.19. The number of hydrogen-bond donors (Lipinski definition) is 1. The maximum Gasteiger partial charge on any atom is 0.261 e. The van der Waals surface area contributed by atoms with Gasteiger partial charge in [0.05, 0.1) is 34.9 Å². The monoisotopic (exact) mass is 391 g/mol. The molecule has 3 aromatic rings. The minimum Gasteiger partial charge on any atom is -0.390 e. The van der Waals surface area contributed by atoms with E-state index in [0.29, 0.717) is 34.0 Å². The van der Waals surface area contributed by atoms with Crippen LogP contribution in [0.15, 0.2) is 53.6 Å². The van der Waals surface area contributed by atoms with Gasteiger partial charge >= 0.3 is 0 Å². The van der Waals surface area contributed by atoms with Crippen LogP contribution in [-0.4, -0.2) is 39.3 Å². The Kier molecular flexibility index (Phi) is 5.94. The van der Waals surface area contributed by atoms with E-state index >= 15 is 0 Å².